The van der Waals surface area contributed by atoms with Gasteiger partial charge in [0.1, 0.15) is 5.58 Å². The smallest absolute Gasteiger partial charge is 0.379 e. The van der Waals surface area contributed by atoms with E-state index < -0.39 is 11.6 Å². The Hall–Kier alpha value is -2.30. The molecule has 0 N–H and O–H groups in total. The van der Waals surface area contributed by atoms with Gasteiger partial charge in [0.25, 0.3) is 0 Å². The highest BCUT2D eigenvalue weighted by Crippen LogP contribution is 2.40. The van der Waals surface area contributed by atoms with Gasteiger partial charge in [0, 0.05) is 36.1 Å². The van der Waals surface area contributed by atoms with E-state index in [1.54, 1.807) is 13.0 Å². The highest BCUT2D eigenvalue weighted by molar-refractivity contribution is 5.89. The lowest BCUT2D eigenvalue weighted by Crippen LogP contribution is -2.34. The molecule has 120 valence electrons. The van der Waals surface area contributed by atoms with Crippen LogP contribution in [0.1, 0.15) is 37.3 Å². The molecule has 23 heavy (non-hydrogen) atoms. The lowest BCUT2D eigenvalue weighted by molar-refractivity contribution is -0.134. The van der Waals surface area contributed by atoms with E-state index in [-0.39, 0.29) is 12.2 Å². The second-order valence-corrected chi connectivity index (χ2v) is 6.20. The van der Waals surface area contributed by atoms with Gasteiger partial charge in [-0.2, -0.15) is 0 Å². The average molecular weight is 313 g/mol. The summed E-state index contributed by atoms with van der Waals surface area (Å²) in [6.45, 7) is 3.84. The molecule has 3 heterocycles. The third kappa shape index (κ3) is 2.31. The van der Waals surface area contributed by atoms with Crippen molar-refractivity contribution >= 4 is 22.6 Å². The van der Waals surface area contributed by atoms with E-state index in [9.17, 15) is 9.59 Å². The van der Waals surface area contributed by atoms with E-state index in [0.717, 1.165) is 49.7 Å². The van der Waals surface area contributed by atoms with Gasteiger partial charge >= 0.3 is 11.6 Å². The number of carbonyl (C=O) groups is 1. The first kappa shape index (κ1) is 14.3. The third-order valence-corrected chi connectivity index (χ3v) is 4.70. The maximum Gasteiger partial charge on any atom is 0.379 e. The van der Waals surface area contributed by atoms with Crippen LogP contribution in [0.5, 0.6) is 5.75 Å². The molecule has 0 amide bonds. The molecule has 2 aliphatic heterocycles. The molecule has 0 bridgehead atoms. The summed E-state index contributed by atoms with van der Waals surface area (Å²) in [6, 6.07) is 3.73. The van der Waals surface area contributed by atoms with Gasteiger partial charge in [0.2, 0.25) is 5.75 Å². The van der Waals surface area contributed by atoms with E-state index >= 15 is 0 Å². The summed E-state index contributed by atoms with van der Waals surface area (Å²) in [6.07, 6.45) is 4.40. The fraction of sp³-hybridized carbons (Fsp3) is 0.444. The zero-order chi connectivity index (χ0) is 16.0. The van der Waals surface area contributed by atoms with Crippen molar-refractivity contribution < 1.29 is 13.9 Å². The molecule has 5 nitrogen and oxygen atoms in total. The number of hydrogen-bond donors (Lipinski definition) is 0. The van der Waals surface area contributed by atoms with Crippen molar-refractivity contribution in [3.8, 4) is 5.75 Å². The molecule has 0 saturated heterocycles. The predicted octanol–water partition coefficient (Wildman–Crippen LogP) is 2.81. The number of aryl methyl sites for hydroxylation is 2. The summed E-state index contributed by atoms with van der Waals surface area (Å²) in [5.41, 5.74) is 3.77. The molecular weight excluding hydrogens is 294 g/mol. The zero-order valence-electron chi connectivity index (χ0n) is 13.2. The molecule has 0 aliphatic carbocycles. The predicted molar refractivity (Wildman–Crippen MR) is 87.3 cm³/mol. The van der Waals surface area contributed by atoms with Crippen molar-refractivity contribution in [1.29, 1.82) is 0 Å². The number of rotatable bonds is 2. The fourth-order valence-corrected chi connectivity index (χ4v) is 3.69. The number of fused-ring (bicyclic) bond motifs is 2. The number of benzene rings is 1. The number of hydrogen-bond acceptors (Lipinski definition) is 5. The minimum Gasteiger partial charge on any atom is -0.420 e. The van der Waals surface area contributed by atoms with Gasteiger partial charge < -0.3 is 14.1 Å². The molecule has 5 heteroatoms. The molecule has 0 fully saturated rings. The molecule has 0 unspecified atom stereocenters. The van der Waals surface area contributed by atoms with Crippen LogP contribution >= 0.6 is 0 Å². The van der Waals surface area contributed by atoms with E-state index in [1.165, 1.54) is 11.3 Å². The Labute approximate surface area is 133 Å². The average Bonchev–Trinajstić information content (AvgIpc) is 2.57. The van der Waals surface area contributed by atoms with Crippen molar-refractivity contribution in [2.75, 3.05) is 18.0 Å². The number of anilines is 1. The first-order valence-electron chi connectivity index (χ1n) is 8.25. The van der Waals surface area contributed by atoms with Crippen LogP contribution in [0.25, 0.3) is 11.0 Å². The van der Waals surface area contributed by atoms with Crippen LogP contribution in [-0.4, -0.2) is 19.1 Å². The molecule has 1 aromatic carbocycles. The van der Waals surface area contributed by atoms with Gasteiger partial charge in [-0.25, -0.2) is 4.79 Å². The lowest BCUT2D eigenvalue weighted by atomic mass is 9.90. The molecule has 0 atom stereocenters. The Kier molecular flexibility index (Phi) is 3.36. The largest absolute Gasteiger partial charge is 0.420 e. The maximum absolute atomic E-state index is 12.2. The maximum atomic E-state index is 12.2. The molecule has 2 aliphatic rings. The molecule has 0 radical (unpaired) electrons. The van der Waals surface area contributed by atoms with E-state index in [2.05, 4.69) is 11.0 Å². The Morgan fingerprint density at radius 2 is 2.04 bits per heavy atom. The number of ether oxygens (including phenoxy) is 1. The van der Waals surface area contributed by atoms with Crippen LogP contribution in [0.4, 0.5) is 5.69 Å². The number of nitrogens with zero attached hydrogens (tertiary/aromatic N) is 1. The third-order valence-electron chi connectivity index (χ3n) is 4.70. The molecule has 1 aromatic heterocycles. The van der Waals surface area contributed by atoms with E-state index in [1.807, 2.05) is 0 Å². The summed E-state index contributed by atoms with van der Waals surface area (Å²) in [7, 11) is 0. The molecule has 4 rings (SSSR count). The van der Waals surface area contributed by atoms with Gasteiger partial charge in [-0.05, 0) is 43.4 Å². The second-order valence-electron chi connectivity index (χ2n) is 6.20. The zero-order valence-corrected chi connectivity index (χ0v) is 13.2. The van der Waals surface area contributed by atoms with Crippen molar-refractivity contribution in [2.24, 2.45) is 0 Å². The highest BCUT2D eigenvalue weighted by Gasteiger charge is 2.27. The fourth-order valence-electron chi connectivity index (χ4n) is 3.69. The first-order valence-corrected chi connectivity index (χ1v) is 8.25. The molecular formula is C18H19NO4. The number of esters is 1. The SMILES string of the molecule is CCC(=O)Oc1cc2cc3c4c(c2oc1=O)CCCN4CCC3. The Bertz CT molecular complexity index is 850. The summed E-state index contributed by atoms with van der Waals surface area (Å²) in [5.74, 6) is -0.442. The van der Waals surface area contributed by atoms with Crippen molar-refractivity contribution in [1.82, 2.24) is 0 Å². The second kappa shape index (κ2) is 5.41. The Balaban J connectivity index is 1.92. The van der Waals surface area contributed by atoms with Gasteiger partial charge in [0.15, 0.2) is 0 Å². The molecule has 0 spiro atoms. The van der Waals surface area contributed by atoms with E-state index in [0.29, 0.717) is 5.58 Å². The van der Waals surface area contributed by atoms with Gasteiger partial charge in [0.05, 0.1) is 0 Å². The normalized spacial score (nSPS) is 16.3. The summed E-state index contributed by atoms with van der Waals surface area (Å²) < 4.78 is 10.6. The van der Waals surface area contributed by atoms with Crippen LogP contribution in [0.3, 0.4) is 0 Å². The minimum atomic E-state index is -0.580. The summed E-state index contributed by atoms with van der Waals surface area (Å²) in [4.78, 5) is 26.0. The van der Waals surface area contributed by atoms with Gasteiger partial charge in [-0.15, -0.1) is 0 Å². The minimum absolute atomic E-state index is 0.0139. The Morgan fingerprint density at radius 3 is 2.83 bits per heavy atom. The van der Waals surface area contributed by atoms with Crippen LogP contribution in [0.2, 0.25) is 0 Å². The van der Waals surface area contributed by atoms with Crippen molar-refractivity contribution in [2.45, 2.75) is 39.0 Å². The summed E-state index contributed by atoms with van der Waals surface area (Å²) in [5, 5.41) is 0.848. The topological polar surface area (TPSA) is 59.8 Å². The van der Waals surface area contributed by atoms with Crippen LogP contribution < -0.4 is 15.3 Å². The van der Waals surface area contributed by atoms with E-state index in [4.69, 9.17) is 9.15 Å². The van der Waals surface area contributed by atoms with Crippen molar-refractivity contribution in [3.63, 3.8) is 0 Å². The standard InChI is InChI=1S/C18H19NO4/c1-2-15(20)22-14-10-12-9-11-5-3-7-19-8-4-6-13(16(11)19)17(12)23-18(14)21/h9-10H,2-8H2,1H3. The highest BCUT2D eigenvalue weighted by atomic mass is 16.5. The van der Waals surface area contributed by atoms with Crippen LogP contribution in [-0.2, 0) is 17.6 Å². The lowest BCUT2D eigenvalue weighted by Gasteiger charge is -2.37. The van der Waals surface area contributed by atoms with Crippen LogP contribution in [0.15, 0.2) is 21.3 Å². The van der Waals surface area contributed by atoms with Crippen LogP contribution in [0, 0.1) is 0 Å². The van der Waals surface area contributed by atoms with Crippen molar-refractivity contribution in [3.05, 3.63) is 33.7 Å². The Morgan fingerprint density at radius 1 is 1.26 bits per heavy atom. The van der Waals surface area contributed by atoms with Gasteiger partial charge in [-0.1, -0.05) is 6.92 Å². The monoisotopic (exact) mass is 313 g/mol. The quantitative estimate of drug-likeness (QED) is 0.630. The number of carbonyl (C=O) groups excluding carboxylic acids is 1. The first-order chi connectivity index (χ1) is 11.2. The molecule has 0 saturated carbocycles. The van der Waals surface area contributed by atoms with Gasteiger partial charge in [-0.3, -0.25) is 4.79 Å². The molecule has 2 aromatic rings. The summed E-state index contributed by atoms with van der Waals surface area (Å²) >= 11 is 0.